The maximum absolute atomic E-state index is 10.9. The number of rotatable bonds is 2. The second-order valence-corrected chi connectivity index (χ2v) is 2.94. The molecule has 1 aromatic heterocycles. The summed E-state index contributed by atoms with van der Waals surface area (Å²) in [6, 6.07) is 1.34. The molecule has 0 radical (unpaired) electrons. The van der Waals surface area contributed by atoms with Gasteiger partial charge in [-0.3, -0.25) is 0 Å². The van der Waals surface area contributed by atoms with E-state index in [9.17, 15) is 9.59 Å². The molecule has 0 saturated carbocycles. The van der Waals surface area contributed by atoms with Crippen LogP contribution in [0.4, 0.5) is 5.69 Å². The van der Waals surface area contributed by atoms with Gasteiger partial charge < -0.3 is 15.6 Å². The van der Waals surface area contributed by atoms with Gasteiger partial charge in [0.05, 0.1) is 12.3 Å². The lowest BCUT2D eigenvalue weighted by Gasteiger charge is -1.99. The molecule has 1 rings (SSSR count). The van der Waals surface area contributed by atoms with E-state index in [0.29, 0.717) is 5.56 Å². The molecule has 0 aliphatic carbocycles. The second kappa shape index (κ2) is 5.51. The predicted molar refractivity (Wildman–Crippen MR) is 59.1 cm³/mol. The molecule has 0 unspecified atom stereocenters. The summed E-state index contributed by atoms with van der Waals surface area (Å²) in [4.78, 5) is 25.2. The molecule has 0 atom stereocenters. The molecule has 0 aliphatic heterocycles. The Morgan fingerprint density at radius 3 is 2.82 bits per heavy atom. The average Bonchev–Trinajstić information content (AvgIpc) is 2.26. The molecule has 6 heteroatoms. The van der Waals surface area contributed by atoms with Crippen molar-refractivity contribution < 1.29 is 19.4 Å². The maximum Gasteiger partial charge on any atom is 0.384 e. The first-order chi connectivity index (χ1) is 8.04. The highest BCUT2D eigenvalue weighted by Crippen LogP contribution is 2.09. The van der Waals surface area contributed by atoms with Gasteiger partial charge in [0.15, 0.2) is 5.69 Å². The van der Waals surface area contributed by atoms with E-state index < -0.39 is 11.9 Å². The summed E-state index contributed by atoms with van der Waals surface area (Å²) in [7, 11) is 0. The standard InChI is InChI=1S/C11H10N2O4/c1-2-17-9(14)4-3-7-5-8(12)10(11(15)16)13-6-7/h5-6H,2,12H2,1H3,(H,15,16). The van der Waals surface area contributed by atoms with Crippen molar-refractivity contribution in [1.82, 2.24) is 4.98 Å². The molecule has 0 aromatic carbocycles. The number of aromatic carboxylic acids is 1. The Morgan fingerprint density at radius 2 is 2.29 bits per heavy atom. The van der Waals surface area contributed by atoms with Crippen molar-refractivity contribution in [1.29, 1.82) is 0 Å². The van der Waals surface area contributed by atoms with Gasteiger partial charge in [0.25, 0.3) is 0 Å². The maximum atomic E-state index is 10.9. The highest BCUT2D eigenvalue weighted by atomic mass is 16.5. The Hall–Kier alpha value is -2.55. The molecule has 0 bridgehead atoms. The molecule has 6 nitrogen and oxygen atoms in total. The number of hydrogen-bond donors (Lipinski definition) is 2. The number of carbonyl (C=O) groups excluding carboxylic acids is 1. The number of aromatic nitrogens is 1. The van der Waals surface area contributed by atoms with Crippen molar-refractivity contribution in [2.24, 2.45) is 0 Å². The van der Waals surface area contributed by atoms with Gasteiger partial charge in [-0.2, -0.15) is 0 Å². The third kappa shape index (κ3) is 3.50. The zero-order valence-electron chi connectivity index (χ0n) is 9.06. The quantitative estimate of drug-likeness (QED) is 0.562. The van der Waals surface area contributed by atoms with Gasteiger partial charge in [0.2, 0.25) is 0 Å². The number of nitrogen functional groups attached to an aromatic ring is 1. The van der Waals surface area contributed by atoms with Crippen LogP contribution in [0.1, 0.15) is 23.0 Å². The minimum Gasteiger partial charge on any atom is -0.476 e. The summed E-state index contributed by atoms with van der Waals surface area (Å²) < 4.78 is 4.60. The van der Waals surface area contributed by atoms with Crippen LogP contribution in [0.15, 0.2) is 12.3 Å². The lowest BCUT2D eigenvalue weighted by Crippen LogP contribution is -2.05. The fraction of sp³-hybridized carbons (Fsp3) is 0.182. The molecule has 17 heavy (non-hydrogen) atoms. The van der Waals surface area contributed by atoms with Crippen molar-refractivity contribution in [2.75, 3.05) is 12.3 Å². The fourth-order valence-corrected chi connectivity index (χ4v) is 1.02. The zero-order chi connectivity index (χ0) is 12.8. The van der Waals surface area contributed by atoms with Crippen molar-refractivity contribution in [3.05, 3.63) is 23.5 Å². The minimum atomic E-state index is -1.22. The summed E-state index contributed by atoms with van der Waals surface area (Å²) in [5.41, 5.74) is 5.56. The SMILES string of the molecule is CCOC(=O)C#Cc1cnc(C(=O)O)c(N)c1. The van der Waals surface area contributed by atoms with Gasteiger partial charge in [-0.05, 0) is 13.0 Å². The van der Waals surface area contributed by atoms with E-state index >= 15 is 0 Å². The Balaban J connectivity index is 2.91. The highest BCUT2D eigenvalue weighted by Gasteiger charge is 2.09. The second-order valence-electron chi connectivity index (χ2n) is 2.94. The van der Waals surface area contributed by atoms with Crippen LogP contribution < -0.4 is 5.73 Å². The summed E-state index contributed by atoms with van der Waals surface area (Å²) in [6.45, 7) is 1.91. The molecule has 1 aromatic rings. The minimum absolute atomic E-state index is 0.00633. The summed E-state index contributed by atoms with van der Waals surface area (Å²) in [6.07, 6.45) is 1.23. The van der Waals surface area contributed by atoms with Crippen LogP contribution in [0.5, 0.6) is 0 Å². The smallest absolute Gasteiger partial charge is 0.384 e. The number of anilines is 1. The van der Waals surface area contributed by atoms with Gasteiger partial charge in [-0.15, -0.1) is 0 Å². The number of carboxylic acids is 1. The van der Waals surface area contributed by atoms with E-state index in [1.165, 1.54) is 12.3 Å². The summed E-state index contributed by atoms with van der Waals surface area (Å²) in [5.74, 6) is 2.82. The summed E-state index contributed by atoms with van der Waals surface area (Å²) in [5, 5.41) is 8.69. The van der Waals surface area contributed by atoms with Gasteiger partial charge >= 0.3 is 11.9 Å². The van der Waals surface area contributed by atoms with Gasteiger partial charge in [-0.1, -0.05) is 5.92 Å². The first-order valence-electron chi connectivity index (χ1n) is 4.72. The van der Waals surface area contributed by atoms with Gasteiger partial charge in [0.1, 0.15) is 0 Å². The number of nitrogens with zero attached hydrogens (tertiary/aromatic N) is 1. The van der Waals surface area contributed by atoms with Crippen molar-refractivity contribution in [3.8, 4) is 11.8 Å². The van der Waals surface area contributed by atoms with E-state index in [4.69, 9.17) is 10.8 Å². The lowest BCUT2D eigenvalue weighted by molar-refractivity contribution is -0.136. The lowest BCUT2D eigenvalue weighted by atomic mass is 10.2. The Morgan fingerprint density at radius 1 is 1.59 bits per heavy atom. The largest absolute Gasteiger partial charge is 0.476 e. The highest BCUT2D eigenvalue weighted by molar-refractivity contribution is 5.92. The Labute approximate surface area is 97.4 Å². The van der Waals surface area contributed by atoms with Crippen molar-refractivity contribution in [3.63, 3.8) is 0 Å². The molecular weight excluding hydrogens is 224 g/mol. The number of ether oxygens (including phenoxy) is 1. The van der Waals surface area contributed by atoms with Crippen LogP contribution in [-0.2, 0) is 9.53 Å². The molecule has 0 spiro atoms. The molecule has 0 amide bonds. The monoisotopic (exact) mass is 234 g/mol. The van der Waals surface area contributed by atoms with Crippen LogP contribution in [0.25, 0.3) is 0 Å². The van der Waals surface area contributed by atoms with Crippen molar-refractivity contribution in [2.45, 2.75) is 6.92 Å². The number of pyridine rings is 1. The van der Waals surface area contributed by atoms with Gasteiger partial charge in [0, 0.05) is 17.7 Å². The molecular formula is C11H10N2O4. The van der Waals surface area contributed by atoms with Crippen LogP contribution in [-0.4, -0.2) is 28.6 Å². The summed E-state index contributed by atoms with van der Waals surface area (Å²) >= 11 is 0. The zero-order valence-corrected chi connectivity index (χ0v) is 9.06. The fourth-order valence-electron chi connectivity index (χ4n) is 1.02. The van der Waals surface area contributed by atoms with E-state index in [0.717, 1.165) is 0 Å². The van der Waals surface area contributed by atoms with E-state index in [-0.39, 0.29) is 18.0 Å². The van der Waals surface area contributed by atoms with Crippen molar-refractivity contribution >= 4 is 17.6 Å². The first-order valence-corrected chi connectivity index (χ1v) is 4.72. The third-order valence-electron chi connectivity index (χ3n) is 1.70. The average molecular weight is 234 g/mol. The van der Waals surface area contributed by atoms with E-state index in [2.05, 4.69) is 21.6 Å². The van der Waals surface area contributed by atoms with Crippen LogP contribution >= 0.6 is 0 Å². The van der Waals surface area contributed by atoms with Crippen LogP contribution in [0.2, 0.25) is 0 Å². The molecule has 3 N–H and O–H groups in total. The molecule has 88 valence electrons. The van der Waals surface area contributed by atoms with E-state index in [1.54, 1.807) is 6.92 Å². The Bertz CT molecular complexity index is 514. The third-order valence-corrected chi connectivity index (χ3v) is 1.70. The first kappa shape index (κ1) is 12.5. The molecule has 0 saturated heterocycles. The van der Waals surface area contributed by atoms with Crippen LogP contribution in [0.3, 0.4) is 0 Å². The van der Waals surface area contributed by atoms with E-state index in [1.807, 2.05) is 0 Å². The molecule has 0 fully saturated rings. The number of carbonyl (C=O) groups is 2. The predicted octanol–water partition coefficient (Wildman–Crippen LogP) is 0.277. The topological polar surface area (TPSA) is 103 Å². The van der Waals surface area contributed by atoms with Gasteiger partial charge in [-0.25, -0.2) is 14.6 Å². The number of esters is 1. The molecule has 0 aliphatic rings. The number of nitrogens with two attached hydrogens (primary N) is 1. The number of hydrogen-bond acceptors (Lipinski definition) is 5. The Kier molecular flexibility index (Phi) is 4.06. The normalized spacial score (nSPS) is 9.00. The molecule has 1 heterocycles. The van der Waals surface area contributed by atoms with Crippen LogP contribution in [0, 0.1) is 11.8 Å². The number of carboxylic acid groups (broad SMARTS) is 1.